The predicted molar refractivity (Wildman–Crippen MR) is 75.4 cm³/mol. The minimum Gasteiger partial charge on any atom is -0.389 e. The summed E-state index contributed by atoms with van der Waals surface area (Å²) < 4.78 is 1.88. The molecule has 1 aromatic heterocycles. The number of rotatable bonds is 4. The zero-order chi connectivity index (χ0) is 13.1. The lowest BCUT2D eigenvalue weighted by molar-refractivity contribution is 0.719. The van der Waals surface area contributed by atoms with E-state index in [-0.39, 0.29) is 6.04 Å². The normalized spacial score (nSPS) is 12.1. The van der Waals surface area contributed by atoms with E-state index >= 15 is 0 Å². The summed E-state index contributed by atoms with van der Waals surface area (Å²) in [6.45, 7) is 2.01. The third kappa shape index (κ3) is 2.48. The number of nitrogens with one attached hydrogen (secondary N) is 1. The summed E-state index contributed by atoms with van der Waals surface area (Å²) in [5, 5.41) is 11.3. The van der Waals surface area contributed by atoms with Crippen LogP contribution in [0.3, 0.4) is 0 Å². The van der Waals surface area contributed by atoms with Crippen molar-refractivity contribution in [3.63, 3.8) is 0 Å². The van der Waals surface area contributed by atoms with Gasteiger partial charge in [-0.25, -0.2) is 0 Å². The molecule has 0 saturated carbocycles. The lowest BCUT2D eigenvalue weighted by atomic mass is 10.1. The molecule has 6 heteroatoms. The summed E-state index contributed by atoms with van der Waals surface area (Å²) in [5.74, 6) is 0.854. The highest BCUT2D eigenvalue weighted by Gasteiger charge is 2.13. The minimum absolute atomic E-state index is 0.0213. The van der Waals surface area contributed by atoms with Crippen LogP contribution < -0.4 is 11.1 Å². The van der Waals surface area contributed by atoms with Crippen molar-refractivity contribution in [1.29, 1.82) is 0 Å². The van der Waals surface area contributed by atoms with Crippen LogP contribution in [0.1, 0.15) is 24.4 Å². The van der Waals surface area contributed by atoms with Gasteiger partial charge in [-0.2, -0.15) is 0 Å². The molecule has 0 aliphatic heterocycles. The molecule has 1 aromatic carbocycles. The van der Waals surface area contributed by atoms with Crippen molar-refractivity contribution in [1.82, 2.24) is 14.8 Å². The molecule has 2 rings (SSSR count). The fraction of sp³-hybridized carbons (Fsp3) is 0.250. The average Bonchev–Trinajstić information content (AvgIpc) is 2.76. The van der Waals surface area contributed by atoms with Crippen LogP contribution in [-0.2, 0) is 7.05 Å². The predicted octanol–water partition coefficient (Wildman–Crippen LogP) is 1.62. The van der Waals surface area contributed by atoms with Crippen molar-refractivity contribution in [3.05, 3.63) is 42.0 Å². The number of nitrogens with zero attached hydrogens (tertiary/aromatic N) is 3. The first-order chi connectivity index (χ1) is 8.59. The maximum absolute atomic E-state index is 5.70. The first kappa shape index (κ1) is 12.5. The van der Waals surface area contributed by atoms with E-state index in [4.69, 9.17) is 18.0 Å². The molecule has 0 bridgehead atoms. The van der Waals surface area contributed by atoms with Crippen molar-refractivity contribution >= 4 is 22.9 Å². The molecule has 5 nitrogen and oxygen atoms in total. The van der Waals surface area contributed by atoms with E-state index in [1.165, 1.54) is 0 Å². The van der Waals surface area contributed by atoms with Gasteiger partial charge in [0.1, 0.15) is 11.3 Å². The standard InChI is InChI=1S/C12H15N5S/c1-8(12-16-14-7-17(12)2)15-10-6-4-3-5-9(10)11(13)18/h3-8,15H,1-2H3,(H2,13,18). The highest BCUT2D eigenvalue weighted by molar-refractivity contribution is 7.80. The lowest BCUT2D eigenvalue weighted by Gasteiger charge is -2.16. The molecule has 2 aromatic rings. The van der Waals surface area contributed by atoms with E-state index in [0.29, 0.717) is 4.99 Å². The van der Waals surface area contributed by atoms with Crippen LogP contribution in [0.4, 0.5) is 5.69 Å². The number of hydrogen-bond donors (Lipinski definition) is 2. The smallest absolute Gasteiger partial charge is 0.154 e. The Bertz CT molecular complexity index is 563. The van der Waals surface area contributed by atoms with Crippen LogP contribution in [0.25, 0.3) is 0 Å². The monoisotopic (exact) mass is 261 g/mol. The summed E-state index contributed by atoms with van der Waals surface area (Å²) in [7, 11) is 1.91. The minimum atomic E-state index is 0.0213. The van der Waals surface area contributed by atoms with E-state index in [9.17, 15) is 0 Å². The molecule has 94 valence electrons. The number of benzene rings is 1. The molecular weight excluding hydrogens is 246 g/mol. The fourth-order valence-corrected chi connectivity index (χ4v) is 1.98. The lowest BCUT2D eigenvalue weighted by Crippen LogP contribution is -2.16. The first-order valence-electron chi connectivity index (χ1n) is 5.59. The zero-order valence-corrected chi connectivity index (χ0v) is 11.1. The van der Waals surface area contributed by atoms with Gasteiger partial charge in [-0.05, 0) is 19.1 Å². The molecule has 0 spiro atoms. The summed E-state index contributed by atoms with van der Waals surface area (Å²) in [5.41, 5.74) is 7.44. The van der Waals surface area contributed by atoms with Crippen LogP contribution in [0, 0.1) is 0 Å². The highest BCUT2D eigenvalue weighted by Crippen LogP contribution is 2.20. The van der Waals surface area contributed by atoms with Gasteiger partial charge < -0.3 is 15.6 Å². The second kappa shape index (κ2) is 5.14. The van der Waals surface area contributed by atoms with E-state index in [1.54, 1.807) is 6.33 Å². The Kier molecular flexibility index (Phi) is 3.57. The molecule has 1 heterocycles. The topological polar surface area (TPSA) is 68.8 Å². The van der Waals surface area contributed by atoms with Crippen molar-refractivity contribution in [2.45, 2.75) is 13.0 Å². The first-order valence-corrected chi connectivity index (χ1v) is 5.99. The summed E-state index contributed by atoms with van der Waals surface area (Å²) in [6, 6.07) is 7.71. The van der Waals surface area contributed by atoms with Crippen LogP contribution in [-0.4, -0.2) is 19.8 Å². The second-order valence-corrected chi connectivity index (χ2v) is 4.52. The van der Waals surface area contributed by atoms with E-state index in [2.05, 4.69) is 15.5 Å². The largest absolute Gasteiger partial charge is 0.389 e. The van der Waals surface area contributed by atoms with Crippen LogP contribution in [0.2, 0.25) is 0 Å². The molecular formula is C12H15N5S. The van der Waals surface area contributed by atoms with Gasteiger partial charge in [-0.1, -0.05) is 24.4 Å². The number of hydrogen-bond acceptors (Lipinski definition) is 4. The van der Waals surface area contributed by atoms with Crippen molar-refractivity contribution < 1.29 is 0 Å². The van der Waals surface area contributed by atoms with Gasteiger partial charge in [0.2, 0.25) is 0 Å². The molecule has 0 saturated heterocycles. The Hall–Kier alpha value is -1.95. The second-order valence-electron chi connectivity index (χ2n) is 4.08. The Labute approximate surface area is 111 Å². The number of anilines is 1. The third-order valence-electron chi connectivity index (χ3n) is 2.70. The number of aryl methyl sites for hydroxylation is 1. The van der Waals surface area contributed by atoms with Crippen LogP contribution in [0.5, 0.6) is 0 Å². The Morgan fingerprint density at radius 2 is 2.17 bits per heavy atom. The molecule has 0 amide bonds. The maximum atomic E-state index is 5.70. The highest BCUT2D eigenvalue weighted by atomic mass is 32.1. The van der Waals surface area contributed by atoms with E-state index < -0.39 is 0 Å². The Balaban J connectivity index is 2.25. The molecule has 3 N–H and O–H groups in total. The Morgan fingerprint density at radius 3 is 2.78 bits per heavy atom. The summed E-state index contributed by atoms with van der Waals surface area (Å²) >= 11 is 5.03. The van der Waals surface area contributed by atoms with Gasteiger partial charge in [0.05, 0.1) is 6.04 Å². The molecule has 0 fully saturated rings. The molecule has 1 atom stereocenters. The fourth-order valence-electron chi connectivity index (χ4n) is 1.81. The SMILES string of the molecule is CC(Nc1ccccc1C(N)=S)c1nncn1C. The van der Waals surface area contributed by atoms with Gasteiger partial charge >= 0.3 is 0 Å². The molecule has 0 radical (unpaired) electrons. The van der Waals surface area contributed by atoms with Crippen molar-refractivity contribution in [2.24, 2.45) is 12.8 Å². The summed E-state index contributed by atoms with van der Waals surface area (Å²) in [6.07, 6.45) is 1.67. The van der Waals surface area contributed by atoms with Crippen molar-refractivity contribution in [2.75, 3.05) is 5.32 Å². The quantitative estimate of drug-likeness (QED) is 0.819. The van der Waals surface area contributed by atoms with Crippen LogP contribution >= 0.6 is 12.2 Å². The molecule has 18 heavy (non-hydrogen) atoms. The van der Waals surface area contributed by atoms with Crippen LogP contribution in [0.15, 0.2) is 30.6 Å². The van der Waals surface area contributed by atoms with E-state index in [1.807, 2.05) is 42.8 Å². The Morgan fingerprint density at radius 1 is 1.44 bits per heavy atom. The third-order valence-corrected chi connectivity index (χ3v) is 2.92. The number of thiocarbonyl (C=S) groups is 1. The zero-order valence-electron chi connectivity index (χ0n) is 10.3. The van der Waals surface area contributed by atoms with Gasteiger partial charge in [-0.3, -0.25) is 0 Å². The molecule has 1 unspecified atom stereocenters. The van der Waals surface area contributed by atoms with Gasteiger partial charge in [0.25, 0.3) is 0 Å². The molecule has 0 aliphatic carbocycles. The maximum Gasteiger partial charge on any atom is 0.154 e. The average molecular weight is 261 g/mol. The van der Waals surface area contributed by atoms with E-state index in [0.717, 1.165) is 17.1 Å². The van der Waals surface area contributed by atoms with Gasteiger partial charge in [0.15, 0.2) is 5.82 Å². The number of nitrogens with two attached hydrogens (primary N) is 1. The number of para-hydroxylation sites is 1. The van der Waals surface area contributed by atoms with Gasteiger partial charge in [-0.15, -0.1) is 10.2 Å². The summed E-state index contributed by atoms with van der Waals surface area (Å²) in [4.78, 5) is 0.378. The molecule has 0 aliphatic rings. The van der Waals surface area contributed by atoms with Crippen molar-refractivity contribution in [3.8, 4) is 0 Å². The van der Waals surface area contributed by atoms with Gasteiger partial charge in [0, 0.05) is 18.3 Å². The number of aromatic nitrogens is 3.